The molecule has 2 heterocycles. The molecule has 0 unspecified atom stereocenters. The van der Waals surface area contributed by atoms with Crippen molar-refractivity contribution >= 4 is 17.4 Å². The van der Waals surface area contributed by atoms with Crippen LogP contribution in [0.4, 0.5) is 0 Å². The highest BCUT2D eigenvalue weighted by Gasteiger charge is 2.46. The number of aliphatic hydroxyl groups excluding tert-OH is 1. The number of aliphatic hydroxyl groups is 1. The van der Waals surface area contributed by atoms with Gasteiger partial charge in [0.2, 0.25) is 0 Å². The second-order valence-electron chi connectivity index (χ2n) is 8.84. The highest BCUT2D eigenvalue weighted by atomic mass is 16.5. The van der Waals surface area contributed by atoms with E-state index in [2.05, 4.69) is 0 Å². The molecule has 1 aliphatic heterocycles. The number of nitrogens with zero attached hydrogens (tertiary/aromatic N) is 1. The van der Waals surface area contributed by atoms with Crippen LogP contribution in [-0.2, 0) is 22.7 Å². The third kappa shape index (κ3) is 4.84. The largest absolute Gasteiger partial charge is 0.508 e. The SMILES string of the molecule is Cc1ccccc1COc1ccc(/C(O)=C2\C(=O)C(=O)N(Cc3ccco3)[C@H]2c2ccc(O)cc2)cc1. The van der Waals surface area contributed by atoms with E-state index in [-0.39, 0.29) is 23.6 Å². The van der Waals surface area contributed by atoms with E-state index in [0.717, 1.165) is 11.1 Å². The number of phenols is 1. The number of aryl methyl sites for hydroxylation is 1. The number of aromatic hydroxyl groups is 1. The number of ketones is 1. The first kappa shape index (κ1) is 23.9. The average Bonchev–Trinajstić information content (AvgIpc) is 3.51. The minimum atomic E-state index is -0.859. The fraction of sp³-hybridized carbons (Fsp3) is 0.133. The number of amides is 1. The van der Waals surface area contributed by atoms with Crippen molar-refractivity contribution in [2.45, 2.75) is 26.1 Å². The summed E-state index contributed by atoms with van der Waals surface area (Å²) in [6, 6.07) is 23.4. The van der Waals surface area contributed by atoms with Crippen molar-refractivity contribution in [2.75, 3.05) is 0 Å². The van der Waals surface area contributed by atoms with Crippen LogP contribution in [0.1, 0.15) is 34.1 Å². The number of rotatable bonds is 7. The van der Waals surface area contributed by atoms with E-state index >= 15 is 0 Å². The summed E-state index contributed by atoms with van der Waals surface area (Å²) in [4.78, 5) is 27.6. The fourth-order valence-corrected chi connectivity index (χ4v) is 4.41. The summed E-state index contributed by atoms with van der Waals surface area (Å²) in [6.07, 6.45) is 1.49. The molecule has 2 N–H and O–H groups in total. The Kier molecular flexibility index (Phi) is 6.51. The predicted molar refractivity (Wildman–Crippen MR) is 137 cm³/mol. The van der Waals surface area contributed by atoms with Crippen LogP contribution >= 0.6 is 0 Å². The van der Waals surface area contributed by atoms with Gasteiger partial charge < -0.3 is 24.3 Å². The van der Waals surface area contributed by atoms with Crippen LogP contribution in [0.3, 0.4) is 0 Å². The molecule has 7 heteroatoms. The second-order valence-corrected chi connectivity index (χ2v) is 8.84. The van der Waals surface area contributed by atoms with Crippen molar-refractivity contribution in [3.63, 3.8) is 0 Å². The molecule has 4 aromatic rings. The number of hydrogen-bond acceptors (Lipinski definition) is 6. The van der Waals surface area contributed by atoms with Crippen LogP contribution in [0.2, 0.25) is 0 Å². The Hall–Kier alpha value is -4.78. The smallest absolute Gasteiger partial charge is 0.296 e. The molecule has 7 nitrogen and oxygen atoms in total. The first-order valence-corrected chi connectivity index (χ1v) is 11.8. The minimum Gasteiger partial charge on any atom is -0.508 e. The first-order valence-electron chi connectivity index (χ1n) is 11.8. The third-order valence-electron chi connectivity index (χ3n) is 6.44. The van der Waals surface area contributed by atoms with Crippen LogP contribution in [0.5, 0.6) is 11.5 Å². The minimum absolute atomic E-state index is 0.0316. The van der Waals surface area contributed by atoms with Crippen LogP contribution in [0, 0.1) is 6.92 Å². The van der Waals surface area contributed by atoms with Crippen molar-refractivity contribution in [1.29, 1.82) is 0 Å². The van der Waals surface area contributed by atoms with Crippen molar-refractivity contribution in [1.82, 2.24) is 4.90 Å². The monoisotopic (exact) mass is 495 g/mol. The molecular formula is C30H25NO6. The molecule has 1 saturated heterocycles. The summed E-state index contributed by atoms with van der Waals surface area (Å²) in [5, 5.41) is 21.0. The fourth-order valence-electron chi connectivity index (χ4n) is 4.41. The summed E-state index contributed by atoms with van der Waals surface area (Å²) in [6.45, 7) is 2.47. The standard InChI is InChI=1S/C30H25NO6/c1-19-5-2-3-6-22(19)18-37-24-14-10-21(11-15-24)28(33)26-27(20-8-12-23(32)13-9-20)31(30(35)29(26)34)17-25-7-4-16-36-25/h2-16,27,32-33H,17-18H2,1H3/b28-26+/t27-/m0/s1. The normalized spacial score (nSPS) is 16.8. The number of carbonyl (C=O) groups excluding carboxylic acids is 2. The summed E-state index contributed by atoms with van der Waals surface area (Å²) in [7, 11) is 0. The molecule has 0 bridgehead atoms. The van der Waals surface area contributed by atoms with E-state index < -0.39 is 17.7 Å². The van der Waals surface area contributed by atoms with Gasteiger partial charge in [0.05, 0.1) is 24.4 Å². The summed E-state index contributed by atoms with van der Waals surface area (Å²) in [5.74, 6) is -0.665. The number of benzene rings is 3. The number of Topliss-reactive ketones (excluding diaryl/α,β-unsaturated/α-hetero) is 1. The molecule has 186 valence electrons. The maximum absolute atomic E-state index is 13.2. The van der Waals surface area contributed by atoms with E-state index in [0.29, 0.717) is 29.2 Å². The summed E-state index contributed by atoms with van der Waals surface area (Å²) >= 11 is 0. The second kappa shape index (κ2) is 10.1. The molecule has 1 aliphatic rings. The maximum atomic E-state index is 13.2. The number of ether oxygens (including phenoxy) is 1. The third-order valence-corrected chi connectivity index (χ3v) is 6.44. The quantitative estimate of drug-likeness (QED) is 0.200. The maximum Gasteiger partial charge on any atom is 0.296 e. The zero-order chi connectivity index (χ0) is 25.9. The van der Waals surface area contributed by atoms with Gasteiger partial charge in [0.15, 0.2) is 0 Å². The van der Waals surface area contributed by atoms with Gasteiger partial charge in [-0.3, -0.25) is 9.59 Å². The molecule has 5 rings (SSSR count). The van der Waals surface area contributed by atoms with E-state index in [1.807, 2.05) is 31.2 Å². The molecule has 0 aliphatic carbocycles. The molecule has 0 radical (unpaired) electrons. The van der Waals surface area contributed by atoms with E-state index in [1.54, 1.807) is 48.5 Å². The van der Waals surface area contributed by atoms with Crippen LogP contribution < -0.4 is 4.74 Å². The van der Waals surface area contributed by atoms with E-state index in [9.17, 15) is 19.8 Å². The highest BCUT2D eigenvalue weighted by molar-refractivity contribution is 6.46. The topological polar surface area (TPSA) is 100 Å². The van der Waals surface area contributed by atoms with Gasteiger partial charge in [-0.15, -0.1) is 0 Å². The zero-order valence-electron chi connectivity index (χ0n) is 20.1. The molecule has 1 aromatic heterocycles. The molecule has 0 saturated carbocycles. The number of furan rings is 1. The molecule has 37 heavy (non-hydrogen) atoms. The zero-order valence-corrected chi connectivity index (χ0v) is 20.1. The molecule has 1 atom stereocenters. The van der Waals surface area contributed by atoms with Crippen molar-refractivity contribution in [3.05, 3.63) is 125 Å². The van der Waals surface area contributed by atoms with Gasteiger partial charge in [0.25, 0.3) is 11.7 Å². The Morgan fingerprint density at radius 2 is 1.68 bits per heavy atom. The van der Waals surface area contributed by atoms with Crippen molar-refractivity contribution < 1.29 is 29.0 Å². The molecule has 1 fully saturated rings. The molecule has 3 aromatic carbocycles. The number of phenolic OH excluding ortho intramolecular Hbond substituents is 1. The lowest BCUT2D eigenvalue weighted by Gasteiger charge is -2.24. The van der Waals surface area contributed by atoms with Gasteiger partial charge in [-0.25, -0.2) is 0 Å². The average molecular weight is 496 g/mol. The van der Waals surface area contributed by atoms with E-state index in [4.69, 9.17) is 9.15 Å². The van der Waals surface area contributed by atoms with Gasteiger partial charge in [-0.1, -0.05) is 36.4 Å². The number of hydrogen-bond donors (Lipinski definition) is 2. The number of likely N-dealkylation sites (tertiary alicyclic amines) is 1. The van der Waals surface area contributed by atoms with Gasteiger partial charge in [-0.2, -0.15) is 0 Å². The highest BCUT2D eigenvalue weighted by Crippen LogP contribution is 2.40. The van der Waals surface area contributed by atoms with Crippen molar-refractivity contribution in [3.8, 4) is 11.5 Å². The lowest BCUT2D eigenvalue weighted by atomic mass is 9.95. The number of carbonyl (C=O) groups is 2. The van der Waals surface area contributed by atoms with Gasteiger partial charge in [0.1, 0.15) is 29.6 Å². The summed E-state index contributed by atoms with van der Waals surface area (Å²) < 4.78 is 11.3. The Labute approximate surface area is 213 Å². The lowest BCUT2D eigenvalue weighted by molar-refractivity contribution is -0.140. The lowest BCUT2D eigenvalue weighted by Crippen LogP contribution is -2.29. The van der Waals surface area contributed by atoms with Crippen LogP contribution in [0.15, 0.2) is 101 Å². The Bertz CT molecular complexity index is 1450. The predicted octanol–water partition coefficient (Wildman–Crippen LogP) is 5.49. The van der Waals surface area contributed by atoms with Crippen LogP contribution in [0.25, 0.3) is 5.76 Å². The Morgan fingerprint density at radius 1 is 0.946 bits per heavy atom. The molecule has 1 amide bonds. The van der Waals surface area contributed by atoms with Gasteiger partial charge >= 0.3 is 0 Å². The summed E-state index contributed by atoms with van der Waals surface area (Å²) in [5.41, 5.74) is 3.12. The Balaban J connectivity index is 1.47. The first-order chi connectivity index (χ1) is 17.9. The van der Waals surface area contributed by atoms with Gasteiger partial charge in [-0.05, 0) is 72.1 Å². The van der Waals surface area contributed by atoms with E-state index in [1.165, 1.54) is 23.3 Å². The molecule has 0 spiro atoms. The van der Waals surface area contributed by atoms with Crippen LogP contribution in [-0.4, -0.2) is 26.8 Å². The van der Waals surface area contributed by atoms with Gasteiger partial charge in [0, 0.05) is 5.56 Å². The van der Waals surface area contributed by atoms with Crippen molar-refractivity contribution in [2.24, 2.45) is 0 Å². The molecular weight excluding hydrogens is 470 g/mol. The Morgan fingerprint density at radius 3 is 2.35 bits per heavy atom.